The number of nitrogens with zero attached hydrogens (tertiary/aromatic N) is 2. The standard InChI is InChI=1S/C20H26BrFN2O2/c21-14-2-7-18(17(22)12-14)23-10-1-8-20(13-23)9-11-24(19(20)26)15-3-5-16(25)6-4-15/h2,7,12,15-16,25H,1,3-6,8-11,13H2/t15?,16?,20-/m0/s1. The Bertz CT molecular complexity index is 692. The molecule has 3 aliphatic rings. The molecule has 0 unspecified atom stereocenters. The molecule has 2 aliphatic heterocycles. The summed E-state index contributed by atoms with van der Waals surface area (Å²) in [5.74, 6) is 0.0149. The Morgan fingerprint density at radius 2 is 1.92 bits per heavy atom. The van der Waals surface area contributed by atoms with E-state index in [1.807, 2.05) is 6.07 Å². The molecule has 1 saturated carbocycles. The molecule has 142 valence electrons. The van der Waals surface area contributed by atoms with Crippen molar-refractivity contribution in [2.45, 2.75) is 57.1 Å². The number of carbonyl (C=O) groups is 1. The summed E-state index contributed by atoms with van der Waals surface area (Å²) in [7, 11) is 0. The van der Waals surface area contributed by atoms with Gasteiger partial charge in [-0.15, -0.1) is 0 Å². The van der Waals surface area contributed by atoms with Crippen LogP contribution in [0.2, 0.25) is 0 Å². The van der Waals surface area contributed by atoms with Gasteiger partial charge < -0.3 is 14.9 Å². The highest BCUT2D eigenvalue weighted by atomic mass is 79.9. The zero-order chi connectivity index (χ0) is 18.3. The molecule has 2 saturated heterocycles. The molecule has 1 aromatic rings. The Balaban J connectivity index is 1.50. The van der Waals surface area contributed by atoms with Crippen LogP contribution in [0.1, 0.15) is 44.9 Å². The number of aliphatic hydroxyl groups excluding tert-OH is 1. The highest BCUT2D eigenvalue weighted by molar-refractivity contribution is 9.10. The summed E-state index contributed by atoms with van der Waals surface area (Å²) in [5, 5.41) is 9.74. The number of anilines is 1. The van der Waals surface area contributed by atoms with Crippen LogP contribution in [0, 0.1) is 11.2 Å². The lowest BCUT2D eigenvalue weighted by Crippen LogP contribution is -2.50. The van der Waals surface area contributed by atoms with Gasteiger partial charge in [-0.1, -0.05) is 15.9 Å². The van der Waals surface area contributed by atoms with Crippen molar-refractivity contribution in [1.29, 1.82) is 0 Å². The number of hydrogen-bond donors (Lipinski definition) is 1. The maximum Gasteiger partial charge on any atom is 0.230 e. The molecule has 1 aromatic carbocycles. The average Bonchev–Trinajstić information content (AvgIpc) is 2.92. The molecule has 2 heterocycles. The molecule has 6 heteroatoms. The first kappa shape index (κ1) is 18.2. The van der Waals surface area contributed by atoms with Crippen molar-refractivity contribution in [2.75, 3.05) is 24.5 Å². The minimum atomic E-state index is -0.367. The number of amides is 1. The Labute approximate surface area is 162 Å². The van der Waals surface area contributed by atoms with Crippen LogP contribution in [-0.4, -0.2) is 47.7 Å². The second-order valence-corrected chi connectivity index (χ2v) is 9.03. The van der Waals surface area contributed by atoms with Crippen LogP contribution in [0.4, 0.5) is 10.1 Å². The molecule has 1 spiro atoms. The fourth-order valence-electron chi connectivity index (χ4n) is 5.02. The van der Waals surface area contributed by atoms with Crippen LogP contribution in [-0.2, 0) is 4.79 Å². The van der Waals surface area contributed by atoms with Crippen LogP contribution >= 0.6 is 15.9 Å². The quantitative estimate of drug-likeness (QED) is 0.786. The topological polar surface area (TPSA) is 43.8 Å². The van der Waals surface area contributed by atoms with Crippen LogP contribution in [0.3, 0.4) is 0 Å². The minimum Gasteiger partial charge on any atom is -0.393 e. The van der Waals surface area contributed by atoms with Gasteiger partial charge in [0, 0.05) is 30.1 Å². The molecule has 1 atom stereocenters. The van der Waals surface area contributed by atoms with Gasteiger partial charge in [0.25, 0.3) is 0 Å². The normalized spacial score (nSPS) is 32.5. The van der Waals surface area contributed by atoms with E-state index in [2.05, 4.69) is 25.7 Å². The van der Waals surface area contributed by atoms with Crippen LogP contribution in [0.25, 0.3) is 0 Å². The Kier molecular flexibility index (Phi) is 4.99. The van der Waals surface area contributed by atoms with Crippen molar-refractivity contribution in [3.05, 3.63) is 28.5 Å². The maximum atomic E-state index is 14.4. The maximum absolute atomic E-state index is 14.4. The van der Waals surface area contributed by atoms with Gasteiger partial charge in [-0.25, -0.2) is 4.39 Å². The number of piperidine rings is 1. The monoisotopic (exact) mass is 424 g/mol. The molecule has 3 fully saturated rings. The van der Waals surface area contributed by atoms with Crippen molar-refractivity contribution in [2.24, 2.45) is 5.41 Å². The molecule has 4 nitrogen and oxygen atoms in total. The largest absolute Gasteiger partial charge is 0.393 e. The number of halogens is 2. The van der Waals surface area contributed by atoms with Gasteiger partial charge in [-0.3, -0.25) is 4.79 Å². The summed E-state index contributed by atoms with van der Waals surface area (Å²) < 4.78 is 15.2. The van der Waals surface area contributed by atoms with Crippen molar-refractivity contribution in [3.8, 4) is 0 Å². The zero-order valence-corrected chi connectivity index (χ0v) is 16.5. The lowest BCUT2D eigenvalue weighted by Gasteiger charge is -2.41. The predicted molar refractivity (Wildman–Crippen MR) is 103 cm³/mol. The van der Waals surface area contributed by atoms with Gasteiger partial charge in [-0.05, 0) is 63.1 Å². The van der Waals surface area contributed by atoms with E-state index in [0.29, 0.717) is 12.2 Å². The van der Waals surface area contributed by atoms with E-state index in [1.165, 1.54) is 6.07 Å². The summed E-state index contributed by atoms with van der Waals surface area (Å²) >= 11 is 3.31. The van der Waals surface area contributed by atoms with E-state index < -0.39 is 0 Å². The number of hydrogen-bond acceptors (Lipinski definition) is 3. The summed E-state index contributed by atoms with van der Waals surface area (Å²) in [4.78, 5) is 17.4. The molecule has 0 aromatic heterocycles. The van der Waals surface area contributed by atoms with E-state index in [0.717, 1.165) is 62.5 Å². The first-order valence-corrected chi connectivity index (χ1v) is 10.5. The zero-order valence-electron chi connectivity index (χ0n) is 15.0. The molecular formula is C20H26BrFN2O2. The van der Waals surface area contributed by atoms with Gasteiger partial charge >= 0.3 is 0 Å². The van der Waals surface area contributed by atoms with Crippen LogP contribution < -0.4 is 4.90 Å². The van der Waals surface area contributed by atoms with Crippen molar-refractivity contribution in [1.82, 2.24) is 4.90 Å². The average molecular weight is 425 g/mol. The van der Waals surface area contributed by atoms with Gasteiger partial charge in [0.15, 0.2) is 0 Å². The molecule has 4 rings (SSSR count). The van der Waals surface area contributed by atoms with Crippen molar-refractivity contribution < 1.29 is 14.3 Å². The second-order valence-electron chi connectivity index (χ2n) is 8.11. The number of rotatable bonds is 2. The van der Waals surface area contributed by atoms with Crippen LogP contribution in [0.5, 0.6) is 0 Å². The fraction of sp³-hybridized carbons (Fsp3) is 0.650. The molecule has 1 amide bonds. The summed E-state index contributed by atoms with van der Waals surface area (Å²) in [5.41, 5.74) is 0.229. The highest BCUT2D eigenvalue weighted by Crippen LogP contribution is 2.43. The van der Waals surface area contributed by atoms with Gasteiger partial charge in [0.1, 0.15) is 5.82 Å². The molecular weight excluding hydrogens is 399 g/mol. The van der Waals surface area contributed by atoms with Crippen LogP contribution in [0.15, 0.2) is 22.7 Å². The van der Waals surface area contributed by atoms with E-state index in [9.17, 15) is 14.3 Å². The lowest BCUT2D eigenvalue weighted by molar-refractivity contribution is -0.139. The third-order valence-electron chi connectivity index (χ3n) is 6.48. The fourth-order valence-corrected chi connectivity index (χ4v) is 5.35. The number of carbonyl (C=O) groups excluding carboxylic acids is 1. The SMILES string of the molecule is O=C1N(C2CCC(O)CC2)CC[C@]12CCCN(c1ccc(Br)cc1F)C2. The van der Waals surface area contributed by atoms with Gasteiger partial charge in [0.2, 0.25) is 5.91 Å². The Morgan fingerprint density at radius 3 is 2.65 bits per heavy atom. The number of likely N-dealkylation sites (tertiary alicyclic amines) is 1. The van der Waals surface area contributed by atoms with Gasteiger partial charge in [0.05, 0.1) is 17.2 Å². The molecule has 1 aliphatic carbocycles. The van der Waals surface area contributed by atoms with Crippen molar-refractivity contribution in [3.63, 3.8) is 0 Å². The smallest absolute Gasteiger partial charge is 0.230 e. The lowest BCUT2D eigenvalue weighted by atomic mass is 9.78. The second kappa shape index (κ2) is 7.12. The first-order valence-electron chi connectivity index (χ1n) is 9.68. The number of benzene rings is 1. The predicted octanol–water partition coefficient (Wildman–Crippen LogP) is 3.71. The third-order valence-corrected chi connectivity index (χ3v) is 6.97. The van der Waals surface area contributed by atoms with E-state index in [4.69, 9.17) is 0 Å². The Hall–Kier alpha value is -1.14. The molecule has 1 N–H and O–H groups in total. The van der Waals surface area contributed by atoms with E-state index in [1.54, 1.807) is 6.07 Å². The molecule has 26 heavy (non-hydrogen) atoms. The number of aliphatic hydroxyl groups is 1. The summed E-state index contributed by atoms with van der Waals surface area (Å²) in [6.07, 6.45) is 5.84. The van der Waals surface area contributed by atoms with Gasteiger partial charge in [-0.2, -0.15) is 0 Å². The van der Waals surface area contributed by atoms with Crippen molar-refractivity contribution >= 4 is 27.5 Å². The highest BCUT2D eigenvalue weighted by Gasteiger charge is 2.50. The van der Waals surface area contributed by atoms with E-state index in [-0.39, 0.29) is 29.3 Å². The first-order chi connectivity index (χ1) is 12.5. The third kappa shape index (κ3) is 3.26. The summed E-state index contributed by atoms with van der Waals surface area (Å²) in [6.45, 7) is 2.20. The minimum absolute atomic E-state index is 0.205. The molecule has 0 bridgehead atoms. The summed E-state index contributed by atoms with van der Waals surface area (Å²) in [6, 6.07) is 5.42. The van der Waals surface area contributed by atoms with E-state index >= 15 is 0 Å². The molecule has 0 radical (unpaired) electrons. The Morgan fingerprint density at radius 1 is 1.15 bits per heavy atom.